The van der Waals surface area contributed by atoms with E-state index < -0.39 is 5.56 Å². The van der Waals surface area contributed by atoms with Crippen LogP contribution in [0.1, 0.15) is 40.4 Å². The highest BCUT2D eigenvalue weighted by Gasteiger charge is 2.18. The van der Waals surface area contributed by atoms with Gasteiger partial charge >= 0.3 is 5.69 Å². The Balaban J connectivity index is 2.86. The lowest BCUT2D eigenvalue weighted by Crippen LogP contribution is -2.40. The fraction of sp³-hybridized carbons (Fsp3) is 0.625. The first kappa shape index (κ1) is 17.6. The van der Waals surface area contributed by atoms with Crippen LogP contribution in [0.4, 0.5) is 0 Å². The van der Waals surface area contributed by atoms with Gasteiger partial charge in [-0.3, -0.25) is 18.9 Å². The second kappa shape index (κ2) is 6.03. The van der Waals surface area contributed by atoms with Crippen LogP contribution < -0.4 is 11.2 Å². The van der Waals surface area contributed by atoms with Crippen molar-refractivity contribution < 1.29 is 0 Å². The highest BCUT2D eigenvalue weighted by molar-refractivity contribution is 7.59. The van der Waals surface area contributed by atoms with Crippen molar-refractivity contribution in [1.82, 2.24) is 19.1 Å². The smallest absolute Gasteiger partial charge is 0.332 e. The number of hydrogen-bond donors (Lipinski definition) is 0. The summed E-state index contributed by atoms with van der Waals surface area (Å²) in [5.41, 5.74) is -0.465. The molecule has 2 aromatic heterocycles. The Morgan fingerprint density at radius 2 is 1.78 bits per heavy atom. The maximum atomic E-state index is 12.5. The van der Waals surface area contributed by atoms with Crippen LogP contribution in [0.3, 0.4) is 0 Å². The van der Waals surface area contributed by atoms with Crippen LogP contribution in [0.15, 0.2) is 14.6 Å². The summed E-state index contributed by atoms with van der Waals surface area (Å²) in [6.45, 7) is 10.7. The Kier molecular flexibility index (Phi) is 4.61. The van der Waals surface area contributed by atoms with Crippen LogP contribution in [0.5, 0.6) is 0 Å². The lowest BCUT2D eigenvalue weighted by atomic mass is 9.92. The molecule has 0 N–H and O–H groups in total. The lowest BCUT2D eigenvalue weighted by molar-refractivity contribution is 0.399. The molecule has 2 heterocycles. The van der Waals surface area contributed by atoms with Gasteiger partial charge in [-0.1, -0.05) is 39.6 Å². The zero-order chi connectivity index (χ0) is 17.5. The Morgan fingerprint density at radius 3 is 2.30 bits per heavy atom. The summed E-state index contributed by atoms with van der Waals surface area (Å²) in [6, 6.07) is 0. The third kappa shape index (κ3) is 3.60. The second-order valence-electron chi connectivity index (χ2n) is 7.53. The molecule has 0 amide bonds. The SMILES string of the molecule is CC(C)Cn1c(=O)n(C)c(=O)c2c([S-])nc(CC(C)(C)C)nc21. The molecule has 23 heavy (non-hydrogen) atoms. The van der Waals surface area contributed by atoms with E-state index in [1.807, 2.05) is 13.8 Å². The van der Waals surface area contributed by atoms with E-state index in [2.05, 4.69) is 30.7 Å². The Labute approximate surface area is 141 Å². The van der Waals surface area contributed by atoms with Crippen molar-refractivity contribution in [2.45, 2.75) is 52.6 Å². The van der Waals surface area contributed by atoms with Gasteiger partial charge in [0.1, 0.15) is 5.82 Å². The van der Waals surface area contributed by atoms with Crippen molar-refractivity contribution in [1.29, 1.82) is 0 Å². The molecule has 2 aromatic rings. The van der Waals surface area contributed by atoms with Crippen molar-refractivity contribution >= 4 is 23.7 Å². The maximum absolute atomic E-state index is 12.5. The van der Waals surface area contributed by atoms with Gasteiger partial charge in [-0.15, -0.1) is 0 Å². The van der Waals surface area contributed by atoms with Gasteiger partial charge in [0.2, 0.25) is 0 Å². The monoisotopic (exact) mass is 335 g/mol. The van der Waals surface area contributed by atoms with Crippen molar-refractivity contribution in [2.24, 2.45) is 18.4 Å². The van der Waals surface area contributed by atoms with Crippen LogP contribution in [-0.4, -0.2) is 19.1 Å². The van der Waals surface area contributed by atoms with Crippen molar-refractivity contribution in [3.05, 3.63) is 26.7 Å². The highest BCUT2D eigenvalue weighted by atomic mass is 32.1. The topological polar surface area (TPSA) is 69.8 Å². The van der Waals surface area contributed by atoms with Gasteiger partial charge in [-0.2, -0.15) is 0 Å². The molecule has 126 valence electrons. The summed E-state index contributed by atoms with van der Waals surface area (Å²) in [6.07, 6.45) is 0.623. The number of nitrogens with zero attached hydrogens (tertiary/aromatic N) is 4. The minimum Gasteiger partial charge on any atom is -0.759 e. The molecule has 0 aromatic carbocycles. The molecular weight excluding hydrogens is 312 g/mol. The molecule has 0 aliphatic carbocycles. The van der Waals surface area contributed by atoms with E-state index in [-0.39, 0.29) is 27.4 Å². The van der Waals surface area contributed by atoms with Crippen LogP contribution in [0, 0.1) is 11.3 Å². The summed E-state index contributed by atoms with van der Waals surface area (Å²) in [5, 5.41) is 0.466. The van der Waals surface area contributed by atoms with Crippen molar-refractivity contribution in [2.75, 3.05) is 0 Å². The fourth-order valence-corrected chi connectivity index (χ4v) is 2.75. The predicted octanol–water partition coefficient (Wildman–Crippen LogP) is 1.64. The molecule has 0 spiro atoms. The third-order valence-corrected chi connectivity index (χ3v) is 3.73. The normalized spacial score (nSPS) is 12.3. The Hall–Kier alpha value is -1.76. The third-order valence-electron chi connectivity index (χ3n) is 3.43. The molecule has 0 saturated carbocycles. The minimum absolute atomic E-state index is 0.0155. The van der Waals surface area contributed by atoms with E-state index in [0.717, 1.165) is 4.57 Å². The molecule has 0 aliphatic heterocycles. The van der Waals surface area contributed by atoms with Gasteiger partial charge in [0.15, 0.2) is 5.65 Å². The average Bonchev–Trinajstić information content (AvgIpc) is 2.38. The molecule has 0 bridgehead atoms. The summed E-state index contributed by atoms with van der Waals surface area (Å²) >= 11 is 5.31. The summed E-state index contributed by atoms with van der Waals surface area (Å²) in [5.74, 6) is 0.808. The van der Waals surface area contributed by atoms with Crippen molar-refractivity contribution in [3.8, 4) is 0 Å². The van der Waals surface area contributed by atoms with Crippen molar-refractivity contribution in [3.63, 3.8) is 0 Å². The Morgan fingerprint density at radius 1 is 1.17 bits per heavy atom. The minimum atomic E-state index is -0.433. The van der Waals surface area contributed by atoms with Gasteiger partial charge in [0.25, 0.3) is 5.56 Å². The molecule has 2 rings (SSSR count). The second-order valence-corrected chi connectivity index (χ2v) is 7.92. The molecule has 6 nitrogen and oxygen atoms in total. The van der Waals surface area contributed by atoms with E-state index in [4.69, 9.17) is 12.6 Å². The molecule has 0 aliphatic rings. The standard InChI is InChI=1S/C16H24N4O2S/c1-9(2)8-20-12-11(14(21)19(6)15(20)22)13(23)18-10(17-12)7-16(3,4)5/h9H,7-8H2,1-6H3,(H,17,18,23)/p-1. The number of aromatic nitrogens is 4. The number of hydrogen-bond acceptors (Lipinski definition) is 5. The zero-order valence-corrected chi connectivity index (χ0v) is 15.3. The van der Waals surface area contributed by atoms with E-state index in [9.17, 15) is 9.59 Å². The van der Waals surface area contributed by atoms with E-state index >= 15 is 0 Å². The first-order valence-corrected chi connectivity index (χ1v) is 8.09. The fourth-order valence-electron chi connectivity index (χ4n) is 2.46. The summed E-state index contributed by atoms with van der Waals surface area (Å²) in [4.78, 5) is 33.7. The van der Waals surface area contributed by atoms with Gasteiger partial charge in [-0.25, -0.2) is 9.78 Å². The molecular formula is C16H23N4O2S-. The van der Waals surface area contributed by atoms with Gasteiger partial charge in [0, 0.05) is 20.0 Å². The van der Waals surface area contributed by atoms with Crippen LogP contribution in [-0.2, 0) is 32.6 Å². The lowest BCUT2D eigenvalue weighted by Gasteiger charge is -2.21. The number of fused-ring (bicyclic) bond motifs is 1. The first-order chi connectivity index (χ1) is 10.5. The van der Waals surface area contributed by atoms with Gasteiger partial charge < -0.3 is 12.6 Å². The first-order valence-electron chi connectivity index (χ1n) is 7.68. The predicted molar refractivity (Wildman–Crippen MR) is 92.7 cm³/mol. The molecule has 0 unspecified atom stereocenters. The quantitative estimate of drug-likeness (QED) is 0.630. The molecule has 0 atom stereocenters. The van der Waals surface area contributed by atoms with Gasteiger partial charge in [0.05, 0.1) is 5.39 Å². The molecule has 7 heteroatoms. The summed E-state index contributed by atoms with van der Waals surface area (Å²) in [7, 11) is 1.46. The summed E-state index contributed by atoms with van der Waals surface area (Å²) < 4.78 is 2.61. The van der Waals surface area contributed by atoms with Crippen LogP contribution >= 0.6 is 0 Å². The molecule has 0 saturated heterocycles. The average molecular weight is 335 g/mol. The number of rotatable bonds is 3. The van der Waals surface area contributed by atoms with Crippen LogP contribution in [0.2, 0.25) is 0 Å². The Bertz CT molecular complexity index is 859. The molecule has 0 radical (unpaired) electrons. The highest BCUT2D eigenvalue weighted by Crippen LogP contribution is 2.20. The maximum Gasteiger partial charge on any atom is 0.332 e. The van der Waals surface area contributed by atoms with E-state index in [1.165, 1.54) is 11.6 Å². The van der Waals surface area contributed by atoms with E-state index in [1.54, 1.807) is 0 Å². The zero-order valence-electron chi connectivity index (χ0n) is 14.5. The largest absolute Gasteiger partial charge is 0.759 e. The molecule has 0 fully saturated rings. The van der Waals surface area contributed by atoms with Crippen LogP contribution in [0.25, 0.3) is 11.0 Å². The van der Waals surface area contributed by atoms with E-state index in [0.29, 0.717) is 24.4 Å². The van der Waals surface area contributed by atoms with Gasteiger partial charge in [-0.05, 0) is 11.3 Å².